The zero-order chi connectivity index (χ0) is 57.6. The van der Waals surface area contributed by atoms with E-state index in [9.17, 15) is 82.8 Å². The second-order valence-corrected chi connectivity index (χ2v) is 19.4. The van der Waals surface area contributed by atoms with Gasteiger partial charge in [-0.3, -0.25) is 52.7 Å². The zero-order valence-corrected chi connectivity index (χ0v) is 45.0. The van der Waals surface area contributed by atoms with Gasteiger partial charge < -0.3 is 71.4 Å². The minimum atomic E-state index is -1.73. The number of carboxylic acids is 4. The molecular formula is C49H68IN7O21. The van der Waals surface area contributed by atoms with Crippen LogP contribution >= 0.6 is 22.6 Å². The molecule has 1 saturated carbocycles. The Labute approximate surface area is 461 Å². The molecule has 0 spiro atoms. The Morgan fingerprint density at radius 3 is 1.56 bits per heavy atom. The van der Waals surface area contributed by atoms with Crippen LogP contribution in [0, 0.1) is 15.4 Å². The van der Waals surface area contributed by atoms with Gasteiger partial charge in [0, 0.05) is 66.7 Å². The monoisotopic (exact) mass is 1220 g/mol. The maximum Gasteiger partial charge on any atom is 0.336 e. The van der Waals surface area contributed by atoms with Gasteiger partial charge in [0.15, 0.2) is 0 Å². The zero-order valence-electron chi connectivity index (χ0n) is 42.8. The number of imide groups is 1. The maximum absolute atomic E-state index is 13.6. The Balaban J connectivity index is 1.40. The third kappa shape index (κ3) is 25.5. The van der Waals surface area contributed by atoms with Gasteiger partial charge in [0.05, 0.1) is 45.6 Å². The average Bonchev–Trinajstić information content (AvgIpc) is 3.72. The quantitative estimate of drug-likeness (QED) is 0.0232. The molecule has 4 atom stereocenters. The number of nitrogens with zero attached hydrogens (tertiary/aromatic N) is 1. The number of carboxylic acid groups (broad SMARTS) is 4. The van der Waals surface area contributed by atoms with Gasteiger partial charge in [-0.1, -0.05) is 6.07 Å². The summed E-state index contributed by atoms with van der Waals surface area (Å²) in [6, 6.07) is 0.334. The van der Waals surface area contributed by atoms with E-state index < -0.39 is 134 Å². The average molecular weight is 1220 g/mol. The van der Waals surface area contributed by atoms with E-state index in [1.807, 2.05) is 6.07 Å². The van der Waals surface area contributed by atoms with E-state index >= 15 is 0 Å². The molecule has 1 aliphatic heterocycles. The molecule has 0 bridgehead atoms. The summed E-state index contributed by atoms with van der Waals surface area (Å²) in [5.74, 6) is -12.9. The lowest BCUT2D eigenvalue weighted by molar-refractivity contribution is -0.201. The minimum Gasteiger partial charge on any atom is -0.481 e. The first-order chi connectivity index (χ1) is 37.1. The maximum atomic E-state index is 13.6. The second kappa shape index (κ2) is 35.5. The topological polar surface area (TPSA) is 415 Å². The van der Waals surface area contributed by atoms with Gasteiger partial charge in [0.2, 0.25) is 29.5 Å². The van der Waals surface area contributed by atoms with E-state index in [-0.39, 0.29) is 103 Å². The van der Waals surface area contributed by atoms with Gasteiger partial charge in [-0.25, -0.2) is 9.59 Å². The van der Waals surface area contributed by atoms with E-state index in [1.54, 1.807) is 18.2 Å². The number of hydrogen-bond acceptors (Lipinski definition) is 17. The molecule has 0 aromatic heterocycles. The van der Waals surface area contributed by atoms with Crippen molar-refractivity contribution in [2.75, 3.05) is 52.7 Å². The smallest absolute Gasteiger partial charge is 0.336 e. The fourth-order valence-corrected chi connectivity index (χ4v) is 8.41. The van der Waals surface area contributed by atoms with E-state index in [1.165, 1.54) is 0 Å². The predicted octanol–water partition coefficient (Wildman–Crippen LogP) is -0.221. The van der Waals surface area contributed by atoms with Gasteiger partial charge in [-0.05, 0) is 105 Å². The van der Waals surface area contributed by atoms with Crippen molar-refractivity contribution in [1.29, 1.82) is 0 Å². The van der Waals surface area contributed by atoms with Gasteiger partial charge in [-0.15, -0.1) is 5.06 Å². The highest BCUT2D eigenvalue weighted by Gasteiger charge is 2.37. The number of aliphatic carboxylic acids is 4. The van der Waals surface area contributed by atoms with Crippen LogP contribution in [0.4, 0.5) is 0 Å². The number of carbonyl (C=O) groups is 13. The summed E-state index contributed by atoms with van der Waals surface area (Å²) in [5, 5.41) is 53.1. The lowest BCUT2D eigenvalue weighted by Gasteiger charge is -2.27. The van der Waals surface area contributed by atoms with Crippen LogP contribution in [0.15, 0.2) is 24.3 Å². The van der Waals surface area contributed by atoms with Gasteiger partial charge in [0.1, 0.15) is 24.2 Å². The Morgan fingerprint density at radius 1 is 0.564 bits per heavy atom. The van der Waals surface area contributed by atoms with Crippen LogP contribution in [0.25, 0.3) is 0 Å². The normalized spacial score (nSPS) is 16.6. The standard InChI is InChI=1S/C49H68IN7O21/c50-32-5-3-4-31(28-32)44(68)51-20-2-1-6-36(48(72)73)56-47(71)35(13-18-42(65)66)55-46(70)34(12-17-41(63)64)54-45(69)33(11-16-40(61)62)53-37(58)19-22-75-24-26-77-27-25-76-23-21-52-43(67)29-7-9-30(10-8-29)49(74)78-57-38(59)14-15-39(57)60/h3-5,28-30,33-36H,1-2,6-27H2,(H,51,68)(H,52,67)(H,53,58)(H,54,69)(H,55,70)(H,56,71)(H,61,62)(H,63,64)(H,65,66)(H,72,73)/t29?,30?,33-,34-,35-,36-/m1/s1. The van der Waals surface area contributed by atoms with Crippen LogP contribution in [-0.2, 0) is 76.6 Å². The third-order valence-electron chi connectivity index (χ3n) is 12.1. The molecule has 28 nitrogen and oxygen atoms in total. The molecule has 0 radical (unpaired) electrons. The summed E-state index contributed by atoms with van der Waals surface area (Å²) in [4.78, 5) is 166. The molecule has 2 fully saturated rings. The molecule has 78 heavy (non-hydrogen) atoms. The molecule has 1 saturated heterocycles. The molecule has 10 N–H and O–H groups in total. The van der Waals surface area contributed by atoms with Crippen LogP contribution in [0.3, 0.4) is 0 Å². The first-order valence-corrected chi connectivity index (χ1v) is 26.4. The fraction of sp³-hybridized carbons (Fsp3) is 0.612. The van der Waals surface area contributed by atoms with Crippen molar-refractivity contribution in [3.8, 4) is 0 Å². The number of unbranched alkanes of at least 4 members (excludes halogenated alkanes) is 1. The predicted molar refractivity (Wildman–Crippen MR) is 274 cm³/mol. The molecule has 8 amide bonds. The lowest BCUT2D eigenvalue weighted by Crippen LogP contribution is -2.58. The number of carbonyl (C=O) groups excluding carboxylic acids is 9. The summed E-state index contributed by atoms with van der Waals surface area (Å²) >= 11 is 2.06. The first-order valence-electron chi connectivity index (χ1n) is 25.4. The Bertz CT molecular complexity index is 2260. The highest BCUT2D eigenvalue weighted by Crippen LogP contribution is 2.30. The number of benzene rings is 1. The Kier molecular flexibility index (Phi) is 29.8. The molecule has 0 unspecified atom stereocenters. The largest absolute Gasteiger partial charge is 0.481 e. The molecule has 432 valence electrons. The Morgan fingerprint density at radius 2 is 1.05 bits per heavy atom. The van der Waals surface area contributed by atoms with Crippen molar-refractivity contribution in [3.63, 3.8) is 0 Å². The van der Waals surface area contributed by atoms with Gasteiger partial charge in [0.25, 0.3) is 17.7 Å². The van der Waals surface area contributed by atoms with Crippen LogP contribution in [0.2, 0.25) is 0 Å². The SMILES string of the molecule is O=C(O)CC[C@@H](NC(=O)CCOCCOCCOCCNC(=O)C1CCC(C(=O)ON2C(=O)CCC2=O)CC1)C(=O)N[C@H](CCC(=O)O)C(=O)N[C@H](CCC(=O)O)C(=O)N[C@H](CCCCNC(=O)c1cccc(I)c1)C(=O)O. The number of hydroxylamine groups is 2. The summed E-state index contributed by atoms with van der Waals surface area (Å²) in [7, 11) is 0. The summed E-state index contributed by atoms with van der Waals surface area (Å²) in [5.41, 5.74) is 0.429. The number of rotatable bonds is 38. The number of amides is 8. The van der Waals surface area contributed by atoms with Crippen molar-refractivity contribution in [1.82, 2.24) is 37.0 Å². The second-order valence-electron chi connectivity index (χ2n) is 18.1. The summed E-state index contributed by atoms with van der Waals surface area (Å²) in [6.45, 7) is 0.920. The van der Waals surface area contributed by atoms with E-state index in [0.717, 1.165) is 3.57 Å². The van der Waals surface area contributed by atoms with Crippen molar-refractivity contribution < 1.29 is 102 Å². The van der Waals surface area contributed by atoms with Gasteiger partial charge >= 0.3 is 29.8 Å². The number of halogens is 1. The summed E-state index contributed by atoms with van der Waals surface area (Å²) in [6.07, 6.45) is -1.95. The number of ether oxygens (including phenoxy) is 3. The fourth-order valence-electron chi connectivity index (χ4n) is 7.87. The minimum absolute atomic E-state index is 0.00323. The molecule has 1 heterocycles. The molecule has 29 heteroatoms. The van der Waals surface area contributed by atoms with Crippen molar-refractivity contribution >= 4 is 99.7 Å². The van der Waals surface area contributed by atoms with Crippen LogP contribution < -0.4 is 31.9 Å². The third-order valence-corrected chi connectivity index (χ3v) is 12.8. The van der Waals surface area contributed by atoms with Crippen LogP contribution in [0.1, 0.15) is 113 Å². The van der Waals surface area contributed by atoms with E-state index in [0.29, 0.717) is 42.7 Å². The van der Waals surface area contributed by atoms with E-state index in [4.69, 9.17) is 19.0 Å². The van der Waals surface area contributed by atoms with Crippen LogP contribution in [0.5, 0.6) is 0 Å². The molecule has 1 aromatic carbocycles. The highest BCUT2D eigenvalue weighted by atomic mass is 127. The first kappa shape index (κ1) is 65.4. The molecular weight excluding hydrogens is 1150 g/mol. The molecule has 3 rings (SSSR count). The van der Waals surface area contributed by atoms with Crippen LogP contribution in [-0.4, -0.2) is 179 Å². The van der Waals surface area contributed by atoms with Crippen molar-refractivity contribution in [2.45, 2.75) is 127 Å². The van der Waals surface area contributed by atoms with Crippen molar-refractivity contribution in [2.24, 2.45) is 11.8 Å². The highest BCUT2D eigenvalue weighted by molar-refractivity contribution is 14.1. The lowest BCUT2D eigenvalue weighted by atomic mass is 9.81. The number of hydrogen-bond donors (Lipinski definition) is 10. The Hall–Kier alpha value is -6.86. The van der Waals surface area contributed by atoms with Crippen molar-refractivity contribution in [3.05, 3.63) is 33.4 Å². The molecule has 2 aliphatic rings. The van der Waals surface area contributed by atoms with Gasteiger partial charge in [-0.2, -0.15) is 0 Å². The summed E-state index contributed by atoms with van der Waals surface area (Å²) < 4.78 is 17.2. The molecule has 1 aliphatic carbocycles. The number of nitrogens with one attached hydrogen (secondary N) is 6. The van der Waals surface area contributed by atoms with E-state index in [2.05, 4.69) is 54.5 Å². The molecule has 1 aromatic rings.